The highest BCUT2D eigenvalue weighted by Crippen LogP contribution is 2.50. The Balaban J connectivity index is 0.840. The Bertz CT molecular complexity index is 4730. The first kappa shape index (κ1) is 74.7. The molecule has 8 atom stereocenters. The molecule has 6 aromatic carbocycles. The largest absolute Gasteiger partial charge is 0.457 e. The number of hydrogen-bond acceptors (Lipinski definition) is 14. The number of nitrogens with zero attached hydrogens (tertiary/aromatic N) is 2. The first-order valence-corrected chi connectivity index (χ1v) is 37.9. The van der Waals surface area contributed by atoms with E-state index in [1.54, 1.807) is 106 Å². The summed E-state index contributed by atoms with van der Waals surface area (Å²) in [7, 11) is -8.38. The minimum Gasteiger partial charge on any atom is -0.457 e. The fraction of sp³-hybridized carbons (Fsp3) is 0.395. The zero-order valence-electron chi connectivity index (χ0n) is 58.1. The monoisotopic (exact) mass is 1510 g/mol. The van der Waals surface area contributed by atoms with E-state index in [4.69, 9.17) is 32.7 Å². The van der Waals surface area contributed by atoms with Gasteiger partial charge in [-0.2, -0.15) is 13.2 Å². The van der Waals surface area contributed by atoms with E-state index in [0.29, 0.717) is 75.7 Å². The third kappa shape index (κ3) is 16.0. The van der Waals surface area contributed by atoms with E-state index < -0.39 is 141 Å². The van der Waals surface area contributed by atoms with E-state index in [1.807, 2.05) is 20.8 Å². The lowest BCUT2D eigenvalue weighted by Gasteiger charge is -2.41. The van der Waals surface area contributed by atoms with Crippen LogP contribution < -0.4 is 40.2 Å². The fourth-order valence-electron chi connectivity index (χ4n) is 13.3. The van der Waals surface area contributed by atoms with Crippen molar-refractivity contribution in [2.75, 3.05) is 10.6 Å². The molecule has 6 N–H and O–H groups in total. The number of amides is 6. The maximum atomic E-state index is 15.5. The van der Waals surface area contributed by atoms with Crippen LogP contribution in [0.25, 0.3) is 6.08 Å². The van der Waals surface area contributed by atoms with Gasteiger partial charge in [-0.25, -0.2) is 21.2 Å². The van der Waals surface area contributed by atoms with Crippen LogP contribution in [0.15, 0.2) is 146 Å². The minimum atomic E-state index is -4.71. The molecule has 2 heterocycles. The van der Waals surface area contributed by atoms with Crippen LogP contribution in [0.4, 0.5) is 28.9 Å². The number of alkyl halides is 3. The van der Waals surface area contributed by atoms with E-state index in [1.165, 1.54) is 65.3 Å². The van der Waals surface area contributed by atoms with Gasteiger partial charge < -0.3 is 40.5 Å². The second-order valence-electron chi connectivity index (χ2n) is 30.2. The second-order valence-corrected chi connectivity index (χ2v) is 35.3. The number of carbonyl (C=O) groups is 6. The van der Waals surface area contributed by atoms with Gasteiger partial charge in [-0.3, -0.25) is 38.2 Å². The van der Waals surface area contributed by atoms with Crippen LogP contribution in [-0.2, 0) is 80.9 Å². The summed E-state index contributed by atoms with van der Waals surface area (Å²) in [5.41, 5.74) is -3.22. The molecule has 4 aliphatic carbocycles. The van der Waals surface area contributed by atoms with Crippen molar-refractivity contribution in [3.05, 3.63) is 195 Å². The van der Waals surface area contributed by atoms with E-state index in [0.717, 1.165) is 12.1 Å². The van der Waals surface area contributed by atoms with Crippen molar-refractivity contribution in [3.8, 4) is 23.0 Å². The number of benzene rings is 6. The molecule has 12 rings (SSSR count). The summed E-state index contributed by atoms with van der Waals surface area (Å²) in [5.74, 6) is -5.59. The summed E-state index contributed by atoms with van der Waals surface area (Å²) < 4.78 is 126. The molecular weight excluding hydrogens is 1430 g/mol. The van der Waals surface area contributed by atoms with Crippen molar-refractivity contribution < 1.29 is 72.6 Å². The van der Waals surface area contributed by atoms with Crippen molar-refractivity contribution in [1.29, 1.82) is 0 Å². The molecule has 2 aliphatic heterocycles. The zero-order chi connectivity index (χ0) is 75.0. The van der Waals surface area contributed by atoms with Crippen LogP contribution in [0, 0.1) is 28.5 Å². The summed E-state index contributed by atoms with van der Waals surface area (Å²) >= 11 is 12.9. The molecule has 4 saturated carbocycles. The Morgan fingerprint density at radius 2 is 1.12 bits per heavy atom. The number of halogens is 6. The van der Waals surface area contributed by atoms with E-state index >= 15 is 19.2 Å². The SMILES string of the molecule is C=CC1CC1(NC(=O)C1Cc2cc(Oc3cc(Cl)ccc3C=CC3CC3(NC(=O)C3Cc4cc(Oc5cccc(Cl)c5)ccc4CN3C(=O)C(Nc3cccc(C(F)(F)F)c3)C(C)(C)C)C(=O)NS(=O)(=O)C3CC3)ccc2CN1C(=O)C(Nc1ccc(F)cc1)C(C)(C)C)C(=O)NS(=O)(=O)C1(C)CC1. The van der Waals surface area contributed by atoms with E-state index in [9.17, 15) is 44.0 Å². The topological polar surface area (TPSA) is 268 Å². The first-order chi connectivity index (χ1) is 48.8. The van der Waals surface area contributed by atoms with Gasteiger partial charge in [0.15, 0.2) is 0 Å². The van der Waals surface area contributed by atoms with Crippen molar-refractivity contribution >= 4 is 96.1 Å². The molecule has 4 fully saturated rings. The average molecular weight is 1510 g/mol. The molecule has 6 amide bonds. The minimum absolute atomic E-state index is 0.0108. The molecule has 28 heteroatoms. The Hall–Kier alpha value is -8.98. The summed E-state index contributed by atoms with van der Waals surface area (Å²) in [5, 5.41) is 11.8. The molecule has 0 bridgehead atoms. The molecule has 104 heavy (non-hydrogen) atoms. The third-order valence-corrected chi connectivity index (χ3v) is 24.7. The molecule has 8 unspecified atom stereocenters. The Morgan fingerprint density at radius 1 is 0.606 bits per heavy atom. The smallest absolute Gasteiger partial charge is 0.416 e. The zero-order valence-corrected chi connectivity index (χ0v) is 61.2. The van der Waals surface area contributed by atoms with Crippen LogP contribution in [0.5, 0.6) is 23.0 Å². The van der Waals surface area contributed by atoms with Gasteiger partial charge >= 0.3 is 6.18 Å². The molecule has 550 valence electrons. The van der Waals surface area contributed by atoms with Crippen molar-refractivity contribution in [2.45, 2.75) is 164 Å². The maximum absolute atomic E-state index is 15.5. The van der Waals surface area contributed by atoms with Gasteiger partial charge in [0.1, 0.15) is 64.1 Å². The lowest BCUT2D eigenvalue weighted by atomic mass is 9.84. The number of nitrogens with one attached hydrogen (secondary N) is 6. The van der Waals surface area contributed by atoms with Gasteiger partial charge in [-0.05, 0) is 176 Å². The summed E-state index contributed by atoms with van der Waals surface area (Å²) in [6.07, 6.45) is 0.879. The molecule has 0 aromatic heterocycles. The molecule has 20 nitrogen and oxygen atoms in total. The predicted octanol–water partition coefficient (Wildman–Crippen LogP) is 12.6. The first-order valence-electron chi connectivity index (χ1n) is 34.1. The molecule has 0 saturated heterocycles. The number of fused-ring (bicyclic) bond motifs is 2. The Morgan fingerprint density at radius 3 is 1.65 bits per heavy atom. The summed E-state index contributed by atoms with van der Waals surface area (Å²) in [6.45, 7) is 15.7. The summed E-state index contributed by atoms with van der Waals surface area (Å²) in [6, 6.07) is 26.5. The quantitative estimate of drug-likeness (QED) is 0.0257. The van der Waals surface area contributed by atoms with Crippen LogP contribution in [-0.4, -0.2) is 107 Å². The van der Waals surface area contributed by atoms with E-state index in [2.05, 4.69) is 37.3 Å². The van der Waals surface area contributed by atoms with Crippen molar-refractivity contribution in [2.24, 2.45) is 22.7 Å². The number of ether oxygens (including phenoxy) is 2. The fourth-order valence-corrected chi connectivity index (χ4v) is 16.3. The van der Waals surface area contributed by atoms with Crippen LogP contribution in [0.1, 0.15) is 120 Å². The van der Waals surface area contributed by atoms with Crippen LogP contribution >= 0.6 is 23.2 Å². The van der Waals surface area contributed by atoms with Crippen LogP contribution in [0.3, 0.4) is 0 Å². The molecule has 6 aliphatic rings. The number of carbonyl (C=O) groups excluding carboxylic acids is 6. The lowest BCUT2D eigenvalue weighted by molar-refractivity contribution is -0.145. The number of sulfonamides is 2. The number of anilines is 2. The normalized spacial score (nSPS) is 22.5. The number of rotatable bonds is 23. The van der Waals surface area contributed by atoms with E-state index in [-0.39, 0.29) is 61.0 Å². The molecule has 0 radical (unpaired) electrons. The Kier molecular flexibility index (Phi) is 20.0. The average Bonchev–Trinajstić information content (AvgIpc) is 1.52. The standard InChI is InChI=1S/C76H80Cl2F4N8O12S2/c1-9-48-39-74(48,70(96)88-104(99,100)73(8)30-31-73)85-65(91)60-35-47-33-58(27-19-45(47)42-89(60)67(93)63(71(2,3)4)83-54-24-22-53(79)23-25-54)102-62-38-52(78)21-17-43(62)16-20-50-40-75(50,69(95)87-103(97,98)59-28-29-59)86-66(92)61-34-46-32-57(101-56-15-11-13-51(77)37-56)26-18-44(46)41-90(61)68(94)64(72(5,6)7)84-55-14-10-12-49(36-55)76(80,81)82/h9-27,32-33,36-38,48,50,59-61,63-64,83-84H,1,28-31,34-35,39-42H2,2-8H3,(H,85,91)(H,86,92)(H,87,95)(H,88,96). The molecule has 0 spiro atoms. The molecule has 6 aromatic rings. The van der Waals surface area contributed by atoms with Gasteiger partial charge in [0.05, 0.1) is 15.6 Å². The summed E-state index contributed by atoms with van der Waals surface area (Å²) in [4.78, 5) is 92.8. The predicted molar refractivity (Wildman–Crippen MR) is 386 cm³/mol. The highest BCUT2D eigenvalue weighted by molar-refractivity contribution is 7.91. The van der Waals surface area contributed by atoms with Crippen molar-refractivity contribution in [3.63, 3.8) is 0 Å². The number of hydrogen-bond donors (Lipinski definition) is 6. The second kappa shape index (κ2) is 27.8. The lowest BCUT2D eigenvalue weighted by Crippen LogP contribution is -2.61. The van der Waals surface area contributed by atoms with Gasteiger partial charge in [0.2, 0.25) is 43.7 Å². The highest BCUT2D eigenvalue weighted by atomic mass is 35.5. The third-order valence-electron chi connectivity index (χ3n) is 20.3. The van der Waals surface area contributed by atoms with Gasteiger partial charge in [-0.1, -0.05) is 107 Å². The molecular formula is C76H80Cl2F4N8O12S2. The van der Waals surface area contributed by atoms with Gasteiger partial charge in [0.25, 0.3) is 11.8 Å². The maximum Gasteiger partial charge on any atom is 0.416 e. The van der Waals surface area contributed by atoms with Gasteiger partial charge in [-0.15, -0.1) is 6.58 Å². The van der Waals surface area contributed by atoms with Crippen LogP contribution in [0.2, 0.25) is 10.0 Å². The highest BCUT2D eigenvalue weighted by Gasteiger charge is 2.64. The Labute approximate surface area is 611 Å². The van der Waals surface area contributed by atoms with Crippen molar-refractivity contribution in [1.82, 2.24) is 29.9 Å². The van der Waals surface area contributed by atoms with Gasteiger partial charge in [0, 0.05) is 70.8 Å².